The van der Waals surface area contributed by atoms with Gasteiger partial charge in [-0.25, -0.2) is 0 Å². The van der Waals surface area contributed by atoms with Gasteiger partial charge in [-0.1, -0.05) is 12.1 Å². The van der Waals surface area contributed by atoms with Crippen molar-refractivity contribution in [1.82, 2.24) is 4.90 Å². The summed E-state index contributed by atoms with van der Waals surface area (Å²) in [5, 5.41) is 2.77. The number of hydrogen-bond acceptors (Lipinski definition) is 4. The summed E-state index contributed by atoms with van der Waals surface area (Å²) in [4.78, 5) is 25.8. The maximum Gasteiger partial charge on any atom is 0.244 e. The molecule has 1 aliphatic rings. The van der Waals surface area contributed by atoms with Crippen molar-refractivity contribution in [1.29, 1.82) is 0 Å². The molecule has 0 radical (unpaired) electrons. The molecule has 6 nitrogen and oxygen atoms in total. The van der Waals surface area contributed by atoms with Crippen molar-refractivity contribution in [3.63, 3.8) is 0 Å². The molecule has 1 aromatic rings. The number of para-hydroxylation sites is 1. The van der Waals surface area contributed by atoms with E-state index in [0.717, 1.165) is 17.3 Å². The topological polar surface area (TPSA) is 84.7 Å². The Morgan fingerprint density at radius 1 is 1.39 bits per heavy atom. The lowest BCUT2D eigenvalue weighted by molar-refractivity contribution is -0.136. The van der Waals surface area contributed by atoms with Crippen LogP contribution in [0.25, 0.3) is 0 Å². The Kier molecular flexibility index (Phi) is 6.56. The molecular formula is C16H22BrN3O3. The van der Waals surface area contributed by atoms with E-state index in [2.05, 4.69) is 21.2 Å². The van der Waals surface area contributed by atoms with Gasteiger partial charge in [0.25, 0.3) is 0 Å². The number of anilines is 1. The highest BCUT2D eigenvalue weighted by Gasteiger charge is 2.29. The third-order valence-electron chi connectivity index (χ3n) is 3.96. The first-order valence-corrected chi connectivity index (χ1v) is 8.41. The molecule has 1 heterocycles. The van der Waals surface area contributed by atoms with Crippen LogP contribution < -0.4 is 11.1 Å². The van der Waals surface area contributed by atoms with Gasteiger partial charge in [0.15, 0.2) is 0 Å². The van der Waals surface area contributed by atoms with E-state index in [4.69, 9.17) is 10.5 Å². The number of benzene rings is 1. The molecule has 2 amide bonds. The molecular weight excluding hydrogens is 362 g/mol. The van der Waals surface area contributed by atoms with Gasteiger partial charge in [-0.15, -0.1) is 0 Å². The number of nitrogens with one attached hydrogen (secondary N) is 1. The van der Waals surface area contributed by atoms with E-state index in [1.54, 1.807) is 13.1 Å². The van der Waals surface area contributed by atoms with Crippen LogP contribution in [0.1, 0.15) is 12.8 Å². The molecule has 1 aromatic carbocycles. The number of carbonyl (C=O) groups excluding carboxylic acids is 2. The Bertz CT molecular complexity index is 561. The molecule has 0 saturated carbocycles. The summed E-state index contributed by atoms with van der Waals surface area (Å²) in [6.07, 6.45) is 1.56. The van der Waals surface area contributed by atoms with Crippen LogP contribution in [0.4, 0.5) is 5.69 Å². The Morgan fingerprint density at radius 3 is 2.70 bits per heavy atom. The maximum atomic E-state index is 12.4. The first kappa shape index (κ1) is 17.9. The summed E-state index contributed by atoms with van der Waals surface area (Å²) in [5.41, 5.74) is 6.73. The minimum absolute atomic E-state index is 0.0307. The van der Waals surface area contributed by atoms with Crippen molar-refractivity contribution in [3.8, 4) is 0 Å². The van der Waals surface area contributed by atoms with Crippen molar-refractivity contribution < 1.29 is 14.3 Å². The molecule has 1 atom stereocenters. The van der Waals surface area contributed by atoms with E-state index in [9.17, 15) is 9.59 Å². The van der Waals surface area contributed by atoms with Gasteiger partial charge in [0.05, 0.1) is 18.3 Å². The van der Waals surface area contributed by atoms with Crippen LogP contribution in [0, 0.1) is 5.92 Å². The highest BCUT2D eigenvalue weighted by molar-refractivity contribution is 9.10. The standard InChI is InChI=1S/C16H22BrN3O3/c1-20(16(22)15(18)11-6-8-23-9-7-11)10-14(21)19-13-5-3-2-4-12(13)17/h2-5,11,15H,6-10,18H2,1H3,(H,19,21). The second kappa shape index (κ2) is 8.42. The Morgan fingerprint density at radius 2 is 2.04 bits per heavy atom. The van der Waals surface area contributed by atoms with Crippen molar-refractivity contribution in [3.05, 3.63) is 28.7 Å². The van der Waals surface area contributed by atoms with Crippen LogP contribution >= 0.6 is 15.9 Å². The first-order chi connectivity index (χ1) is 11.0. The largest absolute Gasteiger partial charge is 0.381 e. The van der Waals surface area contributed by atoms with Crippen molar-refractivity contribution in [2.24, 2.45) is 11.7 Å². The molecule has 0 aromatic heterocycles. The van der Waals surface area contributed by atoms with Crippen LogP contribution in [0.2, 0.25) is 0 Å². The Balaban J connectivity index is 1.87. The number of nitrogens with zero attached hydrogens (tertiary/aromatic N) is 1. The fourth-order valence-corrected chi connectivity index (χ4v) is 2.96. The fraction of sp³-hybridized carbons (Fsp3) is 0.500. The van der Waals surface area contributed by atoms with E-state index in [-0.39, 0.29) is 24.3 Å². The van der Waals surface area contributed by atoms with Gasteiger partial charge in [-0.2, -0.15) is 0 Å². The van der Waals surface area contributed by atoms with Crippen molar-refractivity contribution in [2.45, 2.75) is 18.9 Å². The normalized spacial score (nSPS) is 16.7. The lowest BCUT2D eigenvalue weighted by Crippen LogP contribution is -2.49. The number of halogens is 1. The van der Waals surface area contributed by atoms with E-state index in [1.165, 1.54) is 4.90 Å². The fourth-order valence-electron chi connectivity index (χ4n) is 2.58. The number of amides is 2. The van der Waals surface area contributed by atoms with Gasteiger partial charge in [-0.05, 0) is 46.8 Å². The summed E-state index contributed by atoms with van der Waals surface area (Å²) in [6, 6.07) is 6.74. The van der Waals surface area contributed by atoms with E-state index < -0.39 is 6.04 Å². The number of nitrogens with two attached hydrogens (primary N) is 1. The van der Waals surface area contributed by atoms with Crippen LogP contribution in [0.3, 0.4) is 0 Å². The highest BCUT2D eigenvalue weighted by Crippen LogP contribution is 2.21. The molecule has 1 aliphatic heterocycles. The minimum atomic E-state index is -0.583. The Labute approximate surface area is 144 Å². The average Bonchev–Trinajstić information content (AvgIpc) is 2.56. The van der Waals surface area contributed by atoms with Crippen LogP contribution in [-0.2, 0) is 14.3 Å². The van der Waals surface area contributed by atoms with Crippen LogP contribution in [-0.4, -0.2) is 49.6 Å². The molecule has 1 fully saturated rings. The molecule has 1 unspecified atom stereocenters. The predicted octanol–water partition coefficient (Wildman–Crippen LogP) is 1.60. The minimum Gasteiger partial charge on any atom is -0.381 e. The second-order valence-electron chi connectivity index (χ2n) is 5.70. The smallest absolute Gasteiger partial charge is 0.244 e. The zero-order valence-electron chi connectivity index (χ0n) is 13.1. The van der Waals surface area contributed by atoms with Gasteiger partial charge in [0.1, 0.15) is 0 Å². The summed E-state index contributed by atoms with van der Waals surface area (Å²) >= 11 is 3.37. The lowest BCUT2D eigenvalue weighted by atomic mass is 9.91. The van der Waals surface area contributed by atoms with E-state index in [0.29, 0.717) is 18.9 Å². The number of hydrogen-bond donors (Lipinski definition) is 2. The third-order valence-corrected chi connectivity index (χ3v) is 4.66. The lowest BCUT2D eigenvalue weighted by Gasteiger charge is -2.29. The molecule has 23 heavy (non-hydrogen) atoms. The van der Waals surface area contributed by atoms with Gasteiger partial charge in [0, 0.05) is 24.7 Å². The summed E-state index contributed by atoms with van der Waals surface area (Å²) < 4.78 is 6.08. The summed E-state index contributed by atoms with van der Waals surface area (Å²) in [6.45, 7) is 1.24. The van der Waals surface area contributed by atoms with E-state index in [1.807, 2.05) is 18.2 Å². The third kappa shape index (κ3) is 5.02. The number of ether oxygens (including phenoxy) is 1. The molecule has 2 rings (SSSR count). The predicted molar refractivity (Wildman–Crippen MR) is 91.9 cm³/mol. The number of likely N-dealkylation sites (N-methyl/N-ethyl adjacent to an activating group) is 1. The average molecular weight is 384 g/mol. The van der Waals surface area contributed by atoms with Crippen LogP contribution in [0.15, 0.2) is 28.7 Å². The highest BCUT2D eigenvalue weighted by atomic mass is 79.9. The summed E-state index contributed by atoms with van der Waals surface area (Å²) in [5.74, 6) is -0.351. The summed E-state index contributed by atoms with van der Waals surface area (Å²) in [7, 11) is 1.60. The quantitative estimate of drug-likeness (QED) is 0.808. The number of carbonyl (C=O) groups is 2. The van der Waals surface area contributed by atoms with Gasteiger partial charge >= 0.3 is 0 Å². The van der Waals surface area contributed by atoms with Crippen molar-refractivity contribution >= 4 is 33.4 Å². The zero-order chi connectivity index (χ0) is 16.8. The zero-order valence-corrected chi connectivity index (χ0v) is 14.7. The molecule has 1 saturated heterocycles. The first-order valence-electron chi connectivity index (χ1n) is 7.61. The van der Waals surface area contributed by atoms with Gasteiger partial charge in [0.2, 0.25) is 11.8 Å². The van der Waals surface area contributed by atoms with E-state index >= 15 is 0 Å². The maximum absolute atomic E-state index is 12.4. The van der Waals surface area contributed by atoms with Gasteiger partial charge < -0.3 is 20.7 Å². The van der Waals surface area contributed by atoms with Gasteiger partial charge in [-0.3, -0.25) is 9.59 Å². The number of rotatable bonds is 5. The molecule has 0 aliphatic carbocycles. The molecule has 3 N–H and O–H groups in total. The Hall–Kier alpha value is -1.44. The van der Waals surface area contributed by atoms with Crippen LogP contribution in [0.5, 0.6) is 0 Å². The monoisotopic (exact) mass is 383 g/mol. The second-order valence-corrected chi connectivity index (χ2v) is 6.55. The van der Waals surface area contributed by atoms with Crippen molar-refractivity contribution in [2.75, 3.05) is 32.1 Å². The SMILES string of the molecule is CN(CC(=O)Nc1ccccc1Br)C(=O)C(N)C1CCOCC1. The molecule has 0 bridgehead atoms. The molecule has 7 heteroatoms. The molecule has 126 valence electrons. The molecule has 0 spiro atoms.